The van der Waals surface area contributed by atoms with Crippen molar-refractivity contribution in [3.8, 4) is 0 Å². The number of thiol groups is 1. The van der Waals surface area contributed by atoms with Crippen LogP contribution in [0.25, 0.3) is 0 Å². The molecule has 0 aromatic heterocycles. The molecule has 0 amide bonds. The van der Waals surface area contributed by atoms with Crippen LogP contribution in [-0.2, 0) is 4.79 Å². The maximum Gasteiger partial charge on any atom is 0.225 e. The molecule has 42 valence electrons. The molecule has 0 heterocycles. The molecule has 0 aliphatic heterocycles. The van der Waals surface area contributed by atoms with Gasteiger partial charge in [-0.25, -0.2) is 0 Å². The third-order valence-electron chi connectivity index (χ3n) is 0.661. The molecule has 0 rings (SSSR count). The average Bonchev–Trinajstić information content (AvgIpc) is 1.65. The fourth-order valence-corrected chi connectivity index (χ4v) is 0.422. The largest absolute Gasteiger partial charge is 0.281 e. The summed E-state index contributed by atoms with van der Waals surface area (Å²) in [6.07, 6.45) is 0. The topological polar surface area (TPSA) is 17.1 Å². The summed E-state index contributed by atoms with van der Waals surface area (Å²) in [5.74, 6) is 0.424. The Morgan fingerprint density at radius 2 is 2.43 bits per heavy atom. The lowest BCUT2D eigenvalue weighted by Crippen LogP contribution is -2.03. The first-order valence-corrected chi connectivity index (χ1v) is 2.99. The molecule has 0 N–H and O–H groups in total. The highest BCUT2D eigenvalue weighted by atomic mass is 35.5. The van der Waals surface area contributed by atoms with Crippen LogP contribution in [0.1, 0.15) is 6.92 Å². The van der Waals surface area contributed by atoms with E-state index in [0.717, 1.165) is 0 Å². The van der Waals surface area contributed by atoms with Gasteiger partial charge in [-0.1, -0.05) is 6.92 Å². The minimum atomic E-state index is -0.310. The summed E-state index contributed by atoms with van der Waals surface area (Å²) >= 11 is 8.89. The van der Waals surface area contributed by atoms with Crippen molar-refractivity contribution < 1.29 is 4.79 Å². The molecule has 0 aliphatic carbocycles. The van der Waals surface area contributed by atoms with Crippen molar-refractivity contribution >= 4 is 29.5 Å². The monoisotopic (exact) mass is 138 g/mol. The van der Waals surface area contributed by atoms with Crippen LogP contribution in [0.15, 0.2) is 0 Å². The SMILES string of the molecule is C[C@H](CS)C(=O)Cl. The van der Waals surface area contributed by atoms with Gasteiger partial charge >= 0.3 is 0 Å². The molecular formula is C4H7ClOS. The van der Waals surface area contributed by atoms with E-state index in [1.54, 1.807) is 6.92 Å². The molecule has 1 atom stereocenters. The van der Waals surface area contributed by atoms with Crippen LogP contribution in [0.2, 0.25) is 0 Å². The molecule has 0 unspecified atom stereocenters. The molecule has 0 saturated heterocycles. The number of hydrogen-bond donors (Lipinski definition) is 1. The summed E-state index contributed by atoms with van der Waals surface area (Å²) in [6, 6.07) is 0. The van der Waals surface area contributed by atoms with Crippen LogP contribution in [0, 0.1) is 5.92 Å². The number of carbonyl (C=O) groups is 1. The Morgan fingerprint density at radius 1 is 2.00 bits per heavy atom. The van der Waals surface area contributed by atoms with Crippen molar-refractivity contribution in [1.29, 1.82) is 0 Å². The highest BCUT2D eigenvalue weighted by molar-refractivity contribution is 7.80. The van der Waals surface area contributed by atoms with Crippen molar-refractivity contribution in [3.05, 3.63) is 0 Å². The van der Waals surface area contributed by atoms with E-state index in [0.29, 0.717) is 5.75 Å². The van der Waals surface area contributed by atoms with Crippen molar-refractivity contribution in [2.45, 2.75) is 6.92 Å². The third kappa shape index (κ3) is 2.94. The zero-order valence-corrected chi connectivity index (χ0v) is 5.67. The molecule has 7 heavy (non-hydrogen) atoms. The molecule has 0 spiro atoms. The fraction of sp³-hybridized carbons (Fsp3) is 0.750. The van der Waals surface area contributed by atoms with Crippen molar-refractivity contribution in [3.63, 3.8) is 0 Å². The highest BCUT2D eigenvalue weighted by Crippen LogP contribution is 2.00. The molecule has 3 heteroatoms. The van der Waals surface area contributed by atoms with Gasteiger partial charge in [0.2, 0.25) is 5.24 Å². The van der Waals surface area contributed by atoms with E-state index in [4.69, 9.17) is 11.6 Å². The summed E-state index contributed by atoms with van der Waals surface area (Å²) in [4.78, 5) is 10.1. The normalized spacial score (nSPS) is 13.6. The quantitative estimate of drug-likeness (QED) is 0.450. The number of rotatable bonds is 2. The van der Waals surface area contributed by atoms with Crippen molar-refractivity contribution in [2.24, 2.45) is 5.92 Å². The lowest BCUT2D eigenvalue weighted by molar-refractivity contribution is -0.114. The van der Waals surface area contributed by atoms with Gasteiger partial charge in [0.25, 0.3) is 0 Å². The maximum absolute atomic E-state index is 10.1. The predicted octanol–water partition coefficient (Wildman–Crippen LogP) is 1.32. The summed E-state index contributed by atoms with van der Waals surface area (Å²) in [5, 5.41) is -0.310. The predicted molar refractivity (Wildman–Crippen MR) is 33.9 cm³/mol. The summed E-state index contributed by atoms with van der Waals surface area (Å²) in [7, 11) is 0. The first-order chi connectivity index (χ1) is 3.18. The minimum absolute atomic E-state index is 0.106. The third-order valence-corrected chi connectivity index (χ3v) is 1.58. The molecule has 0 bridgehead atoms. The van der Waals surface area contributed by atoms with E-state index in [9.17, 15) is 4.79 Å². The van der Waals surface area contributed by atoms with Crippen molar-refractivity contribution in [2.75, 3.05) is 5.75 Å². The number of carbonyl (C=O) groups excluding carboxylic acids is 1. The van der Waals surface area contributed by atoms with Crippen LogP contribution in [-0.4, -0.2) is 11.0 Å². The smallest absolute Gasteiger partial charge is 0.225 e. The molecule has 1 nitrogen and oxygen atoms in total. The lowest BCUT2D eigenvalue weighted by Gasteiger charge is -1.95. The minimum Gasteiger partial charge on any atom is -0.281 e. The zero-order valence-electron chi connectivity index (χ0n) is 4.02. The van der Waals surface area contributed by atoms with Gasteiger partial charge < -0.3 is 0 Å². The van der Waals surface area contributed by atoms with Crippen molar-refractivity contribution in [1.82, 2.24) is 0 Å². The summed E-state index contributed by atoms with van der Waals surface area (Å²) < 4.78 is 0. The fourth-order valence-electron chi connectivity index (χ4n) is 0.0718. The number of halogens is 1. The Morgan fingerprint density at radius 3 is 2.43 bits per heavy atom. The van der Waals surface area contributed by atoms with Gasteiger partial charge in [0.05, 0.1) is 0 Å². The molecule has 0 fully saturated rings. The second kappa shape index (κ2) is 3.33. The Kier molecular flexibility index (Phi) is 3.48. The molecule has 0 aromatic carbocycles. The summed E-state index contributed by atoms with van der Waals surface area (Å²) in [6.45, 7) is 1.74. The lowest BCUT2D eigenvalue weighted by atomic mass is 10.3. The van der Waals surface area contributed by atoms with E-state index in [-0.39, 0.29) is 11.2 Å². The average molecular weight is 139 g/mol. The molecule has 0 saturated carbocycles. The second-order valence-corrected chi connectivity index (χ2v) is 2.13. The standard InChI is InChI=1S/C4H7ClOS/c1-3(2-7)4(5)6/h3,7H,2H2,1H3/t3-/m1/s1. The van der Waals surface area contributed by atoms with Crippen LogP contribution in [0.4, 0.5) is 0 Å². The van der Waals surface area contributed by atoms with E-state index in [2.05, 4.69) is 12.6 Å². The Hall–Kier alpha value is 0.310. The van der Waals surface area contributed by atoms with E-state index in [1.807, 2.05) is 0 Å². The molecule has 0 aromatic rings. The summed E-state index contributed by atoms with van der Waals surface area (Å²) in [5.41, 5.74) is 0. The van der Waals surface area contributed by atoms with Gasteiger partial charge in [0.1, 0.15) is 0 Å². The van der Waals surface area contributed by atoms with Crippen LogP contribution < -0.4 is 0 Å². The van der Waals surface area contributed by atoms with Crippen LogP contribution in [0.5, 0.6) is 0 Å². The Bertz CT molecular complexity index is 74.1. The number of hydrogen-bond acceptors (Lipinski definition) is 2. The first kappa shape index (κ1) is 7.31. The van der Waals surface area contributed by atoms with E-state index < -0.39 is 0 Å². The van der Waals surface area contributed by atoms with Gasteiger partial charge in [-0.2, -0.15) is 12.6 Å². The van der Waals surface area contributed by atoms with Gasteiger partial charge in [-0.3, -0.25) is 4.79 Å². The molecule has 0 radical (unpaired) electrons. The second-order valence-electron chi connectivity index (χ2n) is 1.39. The van der Waals surface area contributed by atoms with Gasteiger partial charge in [-0.05, 0) is 11.6 Å². The van der Waals surface area contributed by atoms with Crippen LogP contribution in [0.3, 0.4) is 0 Å². The zero-order chi connectivity index (χ0) is 5.86. The van der Waals surface area contributed by atoms with E-state index in [1.165, 1.54) is 0 Å². The van der Waals surface area contributed by atoms with E-state index >= 15 is 0 Å². The van der Waals surface area contributed by atoms with Gasteiger partial charge in [0.15, 0.2) is 0 Å². The maximum atomic E-state index is 10.1. The van der Waals surface area contributed by atoms with Gasteiger partial charge in [0, 0.05) is 11.7 Å². The molecule has 0 aliphatic rings. The van der Waals surface area contributed by atoms with Gasteiger partial charge in [-0.15, -0.1) is 0 Å². The highest BCUT2D eigenvalue weighted by Gasteiger charge is 2.04. The molecular weight excluding hydrogens is 132 g/mol. The van der Waals surface area contributed by atoms with Crippen LogP contribution >= 0.6 is 24.2 Å². The Balaban J connectivity index is 3.34. The first-order valence-electron chi connectivity index (χ1n) is 1.98. The Labute approximate surface area is 53.5 Å².